The van der Waals surface area contributed by atoms with Crippen molar-refractivity contribution in [2.24, 2.45) is 0 Å². The van der Waals surface area contributed by atoms with Gasteiger partial charge < -0.3 is 10.2 Å². The molecule has 1 heterocycles. The molecule has 2 rings (SSSR count). The Bertz CT molecular complexity index is 386. The predicted molar refractivity (Wildman–Crippen MR) is 76.8 cm³/mol. The lowest BCUT2D eigenvalue weighted by molar-refractivity contribution is -0.122. The molecule has 0 unspecified atom stereocenters. The zero-order chi connectivity index (χ0) is 13.5. The molecule has 1 saturated heterocycles. The minimum absolute atomic E-state index is 0.119. The van der Waals surface area contributed by atoms with Crippen molar-refractivity contribution >= 4 is 5.91 Å². The first kappa shape index (κ1) is 14.0. The molecule has 0 saturated carbocycles. The molecule has 1 aliphatic rings. The third kappa shape index (κ3) is 4.65. The lowest BCUT2D eigenvalue weighted by Gasteiger charge is -2.33. The normalized spacial score (nSPS) is 17.3. The first-order chi connectivity index (χ1) is 9.28. The van der Waals surface area contributed by atoms with Crippen molar-refractivity contribution < 1.29 is 4.79 Å². The fraction of sp³-hybridized carbons (Fsp3) is 0.533. The molecule has 1 amide bonds. The number of carbonyl (C=O) groups is 1. The lowest BCUT2D eigenvalue weighted by Crippen LogP contribution is -2.49. The molecule has 0 aromatic heterocycles. The number of likely N-dealkylation sites (N-methyl/N-ethyl adjacent to an activating group) is 1. The number of piperazine rings is 1. The Morgan fingerprint density at radius 3 is 2.37 bits per heavy atom. The van der Waals surface area contributed by atoms with Crippen molar-refractivity contribution in [1.82, 2.24) is 15.1 Å². The van der Waals surface area contributed by atoms with Crippen LogP contribution in [0.4, 0.5) is 0 Å². The minimum Gasteiger partial charge on any atom is -0.351 e. The molecule has 0 spiro atoms. The molecule has 0 aliphatic carbocycles. The Morgan fingerprint density at radius 2 is 1.74 bits per heavy atom. The third-order valence-electron chi connectivity index (χ3n) is 3.61. The van der Waals surface area contributed by atoms with Crippen LogP contribution in [0.3, 0.4) is 0 Å². The molecule has 1 N–H and O–H groups in total. The average Bonchev–Trinajstić information content (AvgIpc) is 2.47. The second kappa shape index (κ2) is 7.26. The van der Waals surface area contributed by atoms with E-state index in [-0.39, 0.29) is 5.91 Å². The maximum atomic E-state index is 11.9. The predicted octanol–water partition coefficient (Wildman–Crippen LogP) is 0.940. The summed E-state index contributed by atoms with van der Waals surface area (Å²) < 4.78 is 0. The van der Waals surface area contributed by atoms with Crippen LogP contribution in [0, 0.1) is 0 Å². The van der Waals surface area contributed by atoms with Crippen molar-refractivity contribution in [2.45, 2.75) is 13.5 Å². The van der Waals surface area contributed by atoms with Crippen LogP contribution in [0.25, 0.3) is 0 Å². The number of benzene rings is 1. The van der Waals surface area contributed by atoms with Crippen molar-refractivity contribution in [3.8, 4) is 0 Å². The lowest BCUT2D eigenvalue weighted by atomic mass is 10.2. The summed E-state index contributed by atoms with van der Waals surface area (Å²) in [5, 5.41) is 2.98. The van der Waals surface area contributed by atoms with Crippen LogP contribution >= 0.6 is 0 Å². The minimum atomic E-state index is 0.119. The maximum absolute atomic E-state index is 11.9. The topological polar surface area (TPSA) is 35.6 Å². The van der Waals surface area contributed by atoms with E-state index in [1.165, 1.54) is 0 Å². The summed E-state index contributed by atoms with van der Waals surface area (Å²) in [5.74, 6) is 0.119. The van der Waals surface area contributed by atoms with Gasteiger partial charge in [-0.2, -0.15) is 0 Å². The summed E-state index contributed by atoms with van der Waals surface area (Å²) in [5.41, 5.74) is 1.15. The molecule has 19 heavy (non-hydrogen) atoms. The number of rotatable bonds is 5. The van der Waals surface area contributed by atoms with Gasteiger partial charge in [-0.3, -0.25) is 9.69 Å². The molecule has 0 atom stereocenters. The molecule has 0 bridgehead atoms. The smallest absolute Gasteiger partial charge is 0.234 e. The van der Waals surface area contributed by atoms with Gasteiger partial charge in [-0.25, -0.2) is 0 Å². The average molecular weight is 261 g/mol. The van der Waals surface area contributed by atoms with Gasteiger partial charge in [0.25, 0.3) is 0 Å². The van der Waals surface area contributed by atoms with E-state index in [9.17, 15) is 4.79 Å². The van der Waals surface area contributed by atoms with Gasteiger partial charge in [-0.15, -0.1) is 0 Å². The molecule has 1 aliphatic heterocycles. The van der Waals surface area contributed by atoms with Crippen LogP contribution in [-0.2, 0) is 11.3 Å². The highest BCUT2D eigenvalue weighted by atomic mass is 16.2. The highest BCUT2D eigenvalue weighted by Crippen LogP contribution is 2.01. The zero-order valence-electron chi connectivity index (χ0n) is 11.6. The number of carbonyl (C=O) groups excluding carboxylic acids is 1. The van der Waals surface area contributed by atoms with Crippen LogP contribution in [0.5, 0.6) is 0 Å². The van der Waals surface area contributed by atoms with E-state index >= 15 is 0 Å². The molecule has 1 aromatic rings. The van der Waals surface area contributed by atoms with Crippen molar-refractivity contribution in [2.75, 3.05) is 39.3 Å². The molecular weight excluding hydrogens is 238 g/mol. The molecule has 1 fully saturated rings. The van der Waals surface area contributed by atoms with E-state index in [2.05, 4.69) is 22.0 Å². The Morgan fingerprint density at radius 1 is 1.11 bits per heavy atom. The standard InChI is InChI=1S/C15H23N3O/c1-2-17-8-10-18(11-9-17)13-15(19)16-12-14-6-4-3-5-7-14/h3-7H,2,8-13H2,1H3,(H,16,19). The highest BCUT2D eigenvalue weighted by molar-refractivity contribution is 5.78. The van der Waals surface area contributed by atoms with E-state index in [0.29, 0.717) is 13.1 Å². The first-order valence-electron chi connectivity index (χ1n) is 7.03. The number of amides is 1. The van der Waals surface area contributed by atoms with E-state index < -0.39 is 0 Å². The monoisotopic (exact) mass is 261 g/mol. The van der Waals surface area contributed by atoms with E-state index in [1.807, 2.05) is 30.3 Å². The first-order valence-corrected chi connectivity index (χ1v) is 7.03. The van der Waals surface area contributed by atoms with Crippen molar-refractivity contribution in [3.05, 3.63) is 35.9 Å². The van der Waals surface area contributed by atoms with Gasteiger partial charge in [-0.1, -0.05) is 37.3 Å². The van der Waals surface area contributed by atoms with Gasteiger partial charge in [0, 0.05) is 32.7 Å². The second-order valence-corrected chi connectivity index (χ2v) is 4.97. The summed E-state index contributed by atoms with van der Waals surface area (Å²) in [7, 11) is 0. The number of nitrogens with zero attached hydrogens (tertiary/aromatic N) is 2. The van der Waals surface area contributed by atoms with Gasteiger partial charge in [0.2, 0.25) is 5.91 Å². The van der Waals surface area contributed by atoms with Crippen LogP contribution in [0.2, 0.25) is 0 Å². The molecule has 0 radical (unpaired) electrons. The summed E-state index contributed by atoms with van der Waals surface area (Å²) in [6.07, 6.45) is 0. The molecule has 4 nitrogen and oxygen atoms in total. The largest absolute Gasteiger partial charge is 0.351 e. The molecule has 4 heteroatoms. The van der Waals surface area contributed by atoms with Gasteiger partial charge in [0.05, 0.1) is 6.54 Å². The Balaban J connectivity index is 1.67. The molecule has 1 aromatic carbocycles. The third-order valence-corrected chi connectivity index (χ3v) is 3.61. The Kier molecular flexibility index (Phi) is 5.36. The van der Waals surface area contributed by atoms with Gasteiger partial charge in [0.15, 0.2) is 0 Å². The molecular formula is C15H23N3O. The van der Waals surface area contributed by atoms with Crippen LogP contribution in [0.15, 0.2) is 30.3 Å². The fourth-order valence-corrected chi connectivity index (χ4v) is 2.32. The van der Waals surface area contributed by atoms with Crippen LogP contribution < -0.4 is 5.32 Å². The summed E-state index contributed by atoms with van der Waals surface area (Å²) in [6.45, 7) is 8.55. The number of nitrogens with one attached hydrogen (secondary N) is 1. The highest BCUT2D eigenvalue weighted by Gasteiger charge is 2.17. The van der Waals surface area contributed by atoms with E-state index in [4.69, 9.17) is 0 Å². The Labute approximate surface area is 115 Å². The quantitative estimate of drug-likeness (QED) is 0.857. The number of hydrogen-bond donors (Lipinski definition) is 1. The van der Waals surface area contributed by atoms with Crippen LogP contribution in [0.1, 0.15) is 12.5 Å². The summed E-state index contributed by atoms with van der Waals surface area (Å²) in [4.78, 5) is 16.5. The molecule has 104 valence electrons. The second-order valence-electron chi connectivity index (χ2n) is 4.97. The van der Waals surface area contributed by atoms with E-state index in [1.54, 1.807) is 0 Å². The van der Waals surface area contributed by atoms with Gasteiger partial charge in [0.1, 0.15) is 0 Å². The summed E-state index contributed by atoms with van der Waals surface area (Å²) >= 11 is 0. The fourth-order valence-electron chi connectivity index (χ4n) is 2.32. The van der Waals surface area contributed by atoms with Crippen molar-refractivity contribution in [3.63, 3.8) is 0 Å². The summed E-state index contributed by atoms with van der Waals surface area (Å²) in [6, 6.07) is 10.0. The number of hydrogen-bond acceptors (Lipinski definition) is 3. The Hall–Kier alpha value is -1.39. The zero-order valence-corrected chi connectivity index (χ0v) is 11.6. The van der Waals surface area contributed by atoms with Gasteiger partial charge >= 0.3 is 0 Å². The SMILES string of the molecule is CCN1CCN(CC(=O)NCc2ccccc2)CC1. The van der Waals surface area contributed by atoms with Crippen LogP contribution in [-0.4, -0.2) is 55.0 Å². The van der Waals surface area contributed by atoms with E-state index in [0.717, 1.165) is 38.3 Å². The maximum Gasteiger partial charge on any atom is 0.234 e. The van der Waals surface area contributed by atoms with Gasteiger partial charge in [-0.05, 0) is 12.1 Å². The van der Waals surface area contributed by atoms with Crippen molar-refractivity contribution in [1.29, 1.82) is 0 Å².